The lowest BCUT2D eigenvalue weighted by atomic mass is 10.2. The first-order valence-electron chi connectivity index (χ1n) is 5.86. The van der Waals surface area contributed by atoms with Crippen LogP contribution in [0, 0.1) is 10.1 Å². The summed E-state index contributed by atoms with van der Waals surface area (Å²) < 4.78 is 4.76. The molecule has 20 heavy (non-hydrogen) atoms. The van der Waals surface area contributed by atoms with Crippen LogP contribution in [0.5, 0.6) is 0 Å². The molecule has 8 nitrogen and oxygen atoms in total. The van der Waals surface area contributed by atoms with Gasteiger partial charge in [0.15, 0.2) is 0 Å². The number of rotatable bonds is 3. The summed E-state index contributed by atoms with van der Waals surface area (Å²) in [4.78, 5) is 30.2. The Morgan fingerprint density at radius 3 is 2.40 bits per heavy atom. The normalized spacial score (nSPS) is 16.4. The lowest BCUT2D eigenvalue weighted by molar-refractivity contribution is -0.384. The Balaban J connectivity index is 0.000000217. The van der Waals surface area contributed by atoms with Gasteiger partial charge in [-0.2, -0.15) is 0 Å². The standard InChI is InChI=1S/C7H5NO4.C5H9NO2/c9-7(10)5-1-3-6(4-2-5)8(11)12;1-2-4-3-6-5(7)8-4/h1-4H,(H,9,10);4H,2-3H2,1H3,(H,6,7)/t;4-/m.0/s1. The highest BCUT2D eigenvalue weighted by Crippen LogP contribution is 2.11. The number of amides is 1. The Morgan fingerprint density at radius 1 is 1.50 bits per heavy atom. The Bertz CT molecular complexity index is 466. The number of aromatic carboxylic acids is 1. The maximum absolute atomic E-state index is 10.3. The van der Waals surface area contributed by atoms with Gasteiger partial charge in [0.1, 0.15) is 6.10 Å². The Kier molecular flexibility index (Phi) is 5.45. The van der Waals surface area contributed by atoms with Crippen LogP contribution in [-0.4, -0.2) is 34.7 Å². The Hall–Kier alpha value is -2.64. The first-order valence-corrected chi connectivity index (χ1v) is 5.86. The lowest BCUT2D eigenvalue weighted by Gasteiger charge is -1.99. The number of cyclic esters (lactones) is 1. The zero-order valence-electron chi connectivity index (χ0n) is 10.7. The molecular weight excluding hydrogens is 268 g/mol. The highest BCUT2D eigenvalue weighted by atomic mass is 16.6. The smallest absolute Gasteiger partial charge is 0.407 e. The first kappa shape index (κ1) is 15.4. The van der Waals surface area contributed by atoms with Crippen LogP contribution < -0.4 is 5.32 Å². The average molecular weight is 282 g/mol. The Morgan fingerprint density at radius 2 is 2.10 bits per heavy atom. The van der Waals surface area contributed by atoms with Gasteiger partial charge in [0.25, 0.3) is 5.69 Å². The van der Waals surface area contributed by atoms with Gasteiger partial charge in [-0.05, 0) is 18.6 Å². The molecular formula is C12H14N2O6. The summed E-state index contributed by atoms with van der Waals surface area (Å²) in [5.74, 6) is -1.09. The summed E-state index contributed by atoms with van der Waals surface area (Å²) in [6.45, 7) is 2.67. The second-order valence-corrected chi connectivity index (χ2v) is 3.93. The predicted octanol–water partition coefficient (Wildman–Crippen LogP) is 1.80. The number of nitro groups is 1. The van der Waals surface area contributed by atoms with Crippen molar-refractivity contribution in [2.24, 2.45) is 0 Å². The SMILES string of the molecule is CC[C@H]1CNC(=O)O1.O=C(O)c1ccc([N+](=O)[O-])cc1. The number of non-ortho nitro benzene ring substituents is 1. The van der Waals surface area contributed by atoms with Crippen molar-refractivity contribution in [2.75, 3.05) is 6.54 Å². The largest absolute Gasteiger partial charge is 0.478 e. The van der Waals surface area contributed by atoms with E-state index in [1.54, 1.807) is 0 Å². The molecule has 1 atom stereocenters. The van der Waals surface area contributed by atoms with Gasteiger partial charge >= 0.3 is 12.1 Å². The molecule has 8 heteroatoms. The summed E-state index contributed by atoms with van der Waals surface area (Å²) in [5.41, 5.74) is -0.0689. The maximum Gasteiger partial charge on any atom is 0.407 e. The molecule has 108 valence electrons. The molecule has 0 aliphatic carbocycles. The average Bonchev–Trinajstić information content (AvgIpc) is 2.85. The molecule has 1 fully saturated rings. The number of ether oxygens (including phenoxy) is 1. The number of carboxylic acids is 1. The van der Waals surface area contributed by atoms with Gasteiger partial charge in [0.2, 0.25) is 0 Å². The van der Waals surface area contributed by atoms with Crippen LogP contribution in [-0.2, 0) is 4.74 Å². The molecule has 0 unspecified atom stereocenters. The van der Waals surface area contributed by atoms with E-state index >= 15 is 0 Å². The third-order valence-corrected chi connectivity index (χ3v) is 2.53. The van der Waals surface area contributed by atoms with Gasteiger partial charge in [-0.1, -0.05) is 6.92 Å². The molecule has 1 aliphatic heterocycles. The third kappa shape index (κ3) is 4.56. The number of carbonyl (C=O) groups excluding carboxylic acids is 1. The molecule has 1 heterocycles. The van der Waals surface area contributed by atoms with Crippen LogP contribution in [0.15, 0.2) is 24.3 Å². The number of nitro benzene ring substituents is 1. The minimum absolute atomic E-state index is 0.0422. The van der Waals surface area contributed by atoms with Gasteiger partial charge in [-0.3, -0.25) is 10.1 Å². The van der Waals surface area contributed by atoms with E-state index in [1.807, 2.05) is 6.92 Å². The second-order valence-electron chi connectivity index (χ2n) is 3.93. The maximum atomic E-state index is 10.3. The number of hydrogen-bond donors (Lipinski definition) is 2. The van der Waals surface area contributed by atoms with E-state index in [9.17, 15) is 19.7 Å². The minimum Gasteiger partial charge on any atom is -0.478 e. The molecule has 1 amide bonds. The topological polar surface area (TPSA) is 119 Å². The monoisotopic (exact) mass is 282 g/mol. The summed E-state index contributed by atoms with van der Waals surface area (Å²) in [6, 6.07) is 4.70. The van der Waals surface area contributed by atoms with Crippen molar-refractivity contribution in [3.8, 4) is 0 Å². The van der Waals surface area contributed by atoms with E-state index in [4.69, 9.17) is 9.84 Å². The van der Waals surface area contributed by atoms with Crippen molar-refractivity contribution in [3.05, 3.63) is 39.9 Å². The van der Waals surface area contributed by atoms with E-state index in [1.165, 1.54) is 12.1 Å². The van der Waals surface area contributed by atoms with Crippen LogP contribution in [0.1, 0.15) is 23.7 Å². The van der Waals surface area contributed by atoms with Crippen molar-refractivity contribution >= 4 is 17.7 Å². The third-order valence-electron chi connectivity index (χ3n) is 2.53. The molecule has 0 spiro atoms. The van der Waals surface area contributed by atoms with E-state index in [0.717, 1.165) is 18.6 Å². The summed E-state index contributed by atoms with van der Waals surface area (Å²) >= 11 is 0. The number of nitrogens with zero attached hydrogens (tertiary/aromatic N) is 1. The number of carbonyl (C=O) groups is 2. The van der Waals surface area contributed by atoms with E-state index in [2.05, 4.69) is 5.32 Å². The van der Waals surface area contributed by atoms with Crippen molar-refractivity contribution in [1.29, 1.82) is 0 Å². The van der Waals surface area contributed by atoms with Gasteiger partial charge in [-0.25, -0.2) is 9.59 Å². The predicted molar refractivity (Wildman–Crippen MR) is 68.6 cm³/mol. The molecule has 2 rings (SSSR count). The highest BCUT2D eigenvalue weighted by molar-refractivity contribution is 5.87. The zero-order valence-corrected chi connectivity index (χ0v) is 10.7. The quantitative estimate of drug-likeness (QED) is 0.644. The van der Waals surface area contributed by atoms with Crippen LogP contribution >= 0.6 is 0 Å². The lowest BCUT2D eigenvalue weighted by Crippen LogP contribution is -2.13. The number of benzene rings is 1. The fourth-order valence-electron chi connectivity index (χ4n) is 1.39. The molecule has 0 aromatic heterocycles. The van der Waals surface area contributed by atoms with Crippen molar-refractivity contribution < 1.29 is 24.4 Å². The molecule has 1 aromatic carbocycles. The molecule has 1 aromatic rings. The van der Waals surface area contributed by atoms with Gasteiger partial charge in [-0.15, -0.1) is 0 Å². The summed E-state index contributed by atoms with van der Waals surface area (Å²) in [7, 11) is 0. The first-order chi connectivity index (χ1) is 9.43. The number of hydrogen-bond acceptors (Lipinski definition) is 5. The van der Waals surface area contributed by atoms with Crippen LogP contribution in [0.4, 0.5) is 10.5 Å². The van der Waals surface area contributed by atoms with Crippen LogP contribution in [0.3, 0.4) is 0 Å². The fourth-order valence-corrected chi connectivity index (χ4v) is 1.39. The zero-order chi connectivity index (χ0) is 15.1. The van der Waals surface area contributed by atoms with E-state index < -0.39 is 10.9 Å². The number of alkyl carbamates (subject to hydrolysis) is 1. The van der Waals surface area contributed by atoms with Crippen molar-refractivity contribution in [2.45, 2.75) is 19.4 Å². The number of carboxylic acid groups (broad SMARTS) is 1. The van der Waals surface area contributed by atoms with E-state index in [0.29, 0.717) is 6.54 Å². The summed E-state index contributed by atoms with van der Waals surface area (Å²) in [6.07, 6.45) is 0.734. The van der Waals surface area contributed by atoms with Crippen LogP contribution in [0.25, 0.3) is 0 Å². The minimum atomic E-state index is -1.09. The fraction of sp³-hybridized carbons (Fsp3) is 0.333. The molecule has 0 radical (unpaired) electrons. The van der Waals surface area contributed by atoms with E-state index in [-0.39, 0.29) is 23.4 Å². The van der Waals surface area contributed by atoms with Gasteiger partial charge in [0, 0.05) is 12.1 Å². The molecule has 0 bridgehead atoms. The molecule has 1 saturated heterocycles. The molecule has 0 saturated carbocycles. The number of nitrogens with one attached hydrogen (secondary N) is 1. The highest BCUT2D eigenvalue weighted by Gasteiger charge is 2.19. The van der Waals surface area contributed by atoms with Crippen LogP contribution in [0.2, 0.25) is 0 Å². The van der Waals surface area contributed by atoms with Crippen molar-refractivity contribution in [1.82, 2.24) is 5.32 Å². The summed E-state index contributed by atoms with van der Waals surface area (Å²) in [5, 5.41) is 21.1. The Labute approximate surface area is 114 Å². The molecule has 2 N–H and O–H groups in total. The molecule has 1 aliphatic rings. The van der Waals surface area contributed by atoms with Crippen molar-refractivity contribution in [3.63, 3.8) is 0 Å². The second kappa shape index (κ2) is 7.07. The van der Waals surface area contributed by atoms with Gasteiger partial charge < -0.3 is 15.2 Å². The van der Waals surface area contributed by atoms with Gasteiger partial charge in [0.05, 0.1) is 17.0 Å².